The van der Waals surface area contributed by atoms with Crippen molar-refractivity contribution < 1.29 is 19.0 Å². The summed E-state index contributed by atoms with van der Waals surface area (Å²) in [4.78, 5) is 0. The normalized spacial score (nSPS) is 12.1. The third-order valence-corrected chi connectivity index (χ3v) is 3.10. The highest BCUT2D eigenvalue weighted by atomic mass is 19.1. The number of nitrogen functional groups attached to an aromatic ring is 1. The number of hydrogen-bond donors (Lipinski definition) is 2. The number of anilines is 1. The van der Waals surface area contributed by atoms with Gasteiger partial charge in [0.1, 0.15) is 24.3 Å². The van der Waals surface area contributed by atoms with E-state index in [1.807, 2.05) is 0 Å². The largest absolute Gasteiger partial charge is 0.491 e. The van der Waals surface area contributed by atoms with E-state index in [-0.39, 0.29) is 0 Å². The van der Waals surface area contributed by atoms with Crippen molar-refractivity contribution in [3.8, 4) is 5.75 Å². The number of ether oxygens (including phenoxy) is 2. The van der Waals surface area contributed by atoms with Gasteiger partial charge in [-0.1, -0.05) is 18.2 Å². The predicted octanol–water partition coefficient (Wildman–Crippen LogP) is 2.51. The first-order valence-corrected chi connectivity index (χ1v) is 6.57. The van der Waals surface area contributed by atoms with Crippen LogP contribution in [0.2, 0.25) is 0 Å². The van der Waals surface area contributed by atoms with Gasteiger partial charge in [-0.25, -0.2) is 4.39 Å². The molecule has 0 radical (unpaired) electrons. The van der Waals surface area contributed by atoms with E-state index in [2.05, 4.69) is 0 Å². The topological polar surface area (TPSA) is 64.7 Å². The molecule has 0 aliphatic rings. The molecule has 1 unspecified atom stereocenters. The predicted molar refractivity (Wildman–Crippen MR) is 78.7 cm³/mol. The molecule has 5 heteroatoms. The van der Waals surface area contributed by atoms with Gasteiger partial charge in [-0.05, 0) is 24.3 Å². The van der Waals surface area contributed by atoms with E-state index >= 15 is 0 Å². The van der Waals surface area contributed by atoms with Gasteiger partial charge in [-0.2, -0.15) is 0 Å². The van der Waals surface area contributed by atoms with E-state index in [1.54, 1.807) is 31.4 Å². The van der Waals surface area contributed by atoms with Gasteiger partial charge < -0.3 is 20.3 Å². The van der Waals surface area contributed by atoms with Crippen LogP contribution >= 0.6 is 0 Å². The molecule has 0 amide bonds. The second-order valence-electron chi connectivity index (χ2n) is 4.55. The fourth-order valence-electron chi connectivity index (χ4n) is 2.02. The van der Waals surface area contributed by atoms with Crippen LogP contribution in [0.4, 0.5) is 10.1 Å². The van der Waals surface area contributed by atoms with Crippen molar-refractivity contribution in [2.24, 2.45) is 0 Å². The smallest absolute Gasteiger partial charge is 0.125 e. The van der Waals surface area contributed by atoms with Crippen molar-refractivity contribution in [1.82, 2.24) is 0 Å². The molecule has 0 aromatic heterocycles. The fourth-order valence-corrected chi connectivity index (χ4v) is 2.02. The summed E-state index contributed by atoms with van der Waals surface area (Å²) in [5, 5.41) is 10.5. The Bertz CT molecular complexity index is 604. The second kappa shape index (κ2) is 7.06. The molecule has 2 rings (SSSR count). The third kappa shape index (κ3) is 3.71. The van der Waals surface area contributed by atoms with Crippen LogP contribution in [-0.2, 0) is 4.74 Å². The minimum Gasteiger partial charge on any atom is -0.491 e. The molecular formula is C16H18FNO3. The number of nitrogens with two attached hydrogens (primary N) is 1. The first kappa shape index (κ1) is 15.3. The van der Waals surface area contributed by atoms with E-state index in [0.29, 0.717) is 35.8 Å². The van der Waals surface area contributed by atoms with Crippen LogP contribution < -0.4 is 10.5 Å². The fraction of sp³-hybridized carbons (Fsp3) is 0.250. The van der Waals surface area contributed by atoms with Crippen LogP contribution in [0.1, 0.15) is 17.2 Å². The van der Waals surface area contributed by atoms with E-state index in [4.69, 9.17) is 15.2 Å². The van der Waals surface area contributed by atoms with Crippen LogP contribution in [0.5, 0.6) is 5.75 Å². The summed E-state index contributed by atoms with van der Waals surface area (Å²) in [5.74, 6) is 0.0711. The summed E-state index contributed by atoms with van der Waals surface area (Å²) in [5.41, 5.74) is 6.99. The number of hydrogen-bond acceptors (Lipinski definition) is 4. The Morgan fingerprint density at radius 3 is 2.67 bits per heavy atom. The molecule has 2 aromatic carbocycles. The molecule has 0 fully saturated rings. The lowest BCUT2D eigenvalue weighted by Crippen LogP contribution is -2.09. The highest BCUT2D eigenvalue weighted by molar-refractivity contribution is 5.52. The first-order valence-electron chi connectivity index (χ1n) is 6.57. The first-order chi connectivity index (χ1) is 10.1. The number of aliphatic hydroxyl groups is 1. The van der Waals surface area contributed by atoms with Crippen molar-refractivity contribution in [3.63, 3.8) is 0 Å². The molecule has 1 atom stereocenters. The molecule has 0 saturated heterocycles. The number of benzene rings is 2. The molecule has 0 spiro atoms. The van der Waals surface area contributed by atoms with Gasteiger partial charge in [0.2, 0.25) is 0 Å². The molecule has 112 valence electrons. The van der Waals surface area contributed by atoms with E-state index < -0.39 is 11.9 Å². The number of halogens is 1. The Morgan fingerprint density at radius 1 is 1.14 bits per heavy atom. The van der Waals surface area contributed by atoms with Crippen LogP contribution in [0.3, 0.4) is 0 Å². The second-order valence-corrected chi connectivity index (χ2v) is 4.55. The lowest BCUT2D eigenvalue weighted by Gasteiger charge is -2.18. The highest BCUT2D eigenvalue weighted by Crippen LogP contribution is 2.32. The lowest BCUT2D eigenvalue weighted by molar-refractivity contribution is 0.142. The molecule has 0 aliphatic heterocycles. The molecular weight excluding hydrogens is 273 g/mol. The number of rotatable bonds is 6. The third-order valence-electron chi connectivity index (χ3n) is 3.10. The Hall–Kier alpha value is -2.11. The Labute approximate surface area is 122 Å². The standard InChI is InChI=1S/C16H18FNO3/c1-20-8-9-21-15-5-3-2-4-12(15)16(19)13-10-11(17)6-7-14(13)18/h2-7,10,16,19H,8-9,18H2,1H3. The molecule has 0 heterocycles. The van der Waals surface area contributed by atoms with Crippen molar-refractivity contribution in [3.05, 3.63) is 59.4 Å². The zero-order chi connectivity index (χ0) is 15.2. The minimum absolute atomic E-state index is 0.317. The highest BCUT2D eigenvalue weighted by Gasteiger charge is 2.18. The molecule has 0 saturated carbocycles. The summed E-state index contributed by atoms with van der Waals surface area (Å²) >= 11 is 0. The number of para-hydroxylation sites is 1. The van der Waals surface area contributed by atoms with E-state index in [0.717, 1.165) is 0 Å². The minimum atomic E-state index is -1.06. The van der Waals surface area contributed by atoms with Gasteiger partial charge in [0.25, 0.3) is 0 Å². The SMILES string of the molecule is COCCOc1ccccc1C(O)c1cc(F)ccc1N. The maximum Gasteiger partial charge on any atom is 0.125 e. The Morgan fingerprint density at radius 2 is 1.90 bits per heavy atom. The zero-order valence-corrected chi connectivity index (χ0v) is 11.8. The van der Waals surface area contributed by atoms with Gasteiger partial charge in [-0.15, -0.1) is 0 Å². The van der Waals surface area contributed by atoms with Crippen LogP contribution in [0.25, 0.3) is 0 Å². The summed E-state index contributed by atoms with van der Waals surface area (Å²) in [6.45, 7) is 0.797. The van der Waals surface area contributed by atoms with E-state index in [9.17, 15) is 9.50 Å². The van der Waals surface area contributed by atoms with Gasteiger partial charge in [0.05, 0.1) is 6.61 Å². The van der Waals surface area contributed by atoms with E-state index in [1.165, 1.54) is 18.2 Å². The average molecular weight is 291 g/mol. The lowest BCUT2D eigenvalue weighted by atomic mass is 9.99. The number of methoxy groups -OCH3 is 1. The summed E-state index contributed by atoms with van der Waals surface area (Å²) < 4.78 is 23.9. The monoisotopic (exact) mass is 291 g/mol. The molecule has 2 aromatic rings. The number of aliphatic hydroxyl groups excluding tert-OH is 1. The van der Waals surface area contributed by atoms with Crippen molar-refractivity contribution in [1.29, 1.82) is 0 Å². The Balaban J connectivity index is 2.30. The molecule has 0 aliphatic carbocycles. The molecule has 3 N–H and O–H groups in total. The average Bonchev–Trinajstić information content (AvgIpc) is 2.50. The molecule has 4 nitrogen and oxygen atoms in total. The van der Waals surface area contributed by atoms with Crippen molar-refractivity contribution >= 4 is 5.69 Å². The van der Waals surface area contributed by atoms with Gasteiger partial charge >= 0.3 is 0 Å². The van der Waals surface area contributed by atoms with Crippen LogP contribution in [0.15, 0.2) is 42.5 Å². The van der Waals surface area contributed by atoms with Crippen LogP contribution in [0, 0.1) is 5.82 Å². The van der Waals surface area contributed by atoms with Gasteiger partial charge in [-0.3, -0.25) is 0 Å². The zero-order valence-electron chi connectivity index (χ0n) is 11.8. The quantitative estimate of drug-likeness (QED) is 0.634. The maximum atomic E-state index is 13.4. The summed E-state index contributed by atoms with van der Waals surface area (Å²) in [6, 6.07) is 11.0. The van der Waals surface area contributed by atoms with Crippen molar-refractivity contribution in [2.75, 3.05) is 26.1 Å². The summed E-state index contributed by atoms with van der Waals surface area (Å²) in [6.07, 6.45) is -1.06. The van der Waals surface area contributed by atoms with Gasteiger partial charge in [0.15, 0.2) is 0 Å². The maximum absolute atomic E-state index is 13.4. The Kier molecular flexibility index (Phi) is 5.14. The van der Waals surface area contributed by atoms with Crippen LogP contribution in [-0.4, -0.2) is 25.4 Å². The van der Waals surface area contributed by atoms with Gasteiger partial charge in [0, 0.05) is 23.9 Å². The molecule has 0 bridgehead atoms. The van der Waals surface area contributed by atoms with Crippen molar-refractivity contribution in [2.45, 2.75) is 6.10 Å². The molecule has 21 heavy (non-hydrogen) atoms. The summed E-state index contributed by atoms with van der Waals surface area (Å²) in [7, 11) is 1.58.